The minimum Gasteiger partial charge on any atom is -0.488 e. The number of benzene rings is 2. The molecule has 0 aromatic heterocycles. The first-order valence-electron chi connectivity index (χ1n) is 6.42. The molecule has 0 fully saturated rings. The van der Waals surface area contributed by atoms with E-state index in [0.717, 1.165) is 3.57 Å². The average Bonchev–Trinajstić information content (AvgIpc) is 2.50. The molecule has 0 bridgehead atoms. The normalized spacial score (nSPS) is 10.4. The molecule has 2 aromatic carbocycles. The molecule has 116 valence electrons. The molecular formula is C16H13BrFIO3. The fraction of sp³-hybridized carbons (Fsp3) is 0.188. The van der Waals surface area contributed by atoms with Crippen LogP contribution in [0, 0.1) is 9.39 Å². The van der Waals surface area contributed by atoms with Crippen molar-refractivity contribution in [2.45, 2.75) is 13.0 Å². The van der Waals surface area contributed by atoms with E-state index in [2.05, 4.69) is 43.3 Å². The fourth-order valence-electron chi connectivity index (χ4n) is 1.89. The summed E-state index contributed by atoms with van der Waals surface area (Å²) < 4.78 is 25.7. The summed E-state index contributed by atoms with van der Waals surface area (Å²) in [6.45, 7) is 0.0828. The van der Waals surface area contributed by atoms with E-state index in [-0.39, 0.29) is 24.8 Å². The molecule has 0 amide bonds. The summed E-state index contributed by atoms with van der Waals surface area (Å²) in [5, 5.41) is 0. The Kier molecular flexibility index (Phi) is 6.19. The lowest BCUT2D eigenvalue weighted by Gasteiger charge is -2.12. The highest BCUT2D eigenvalue weighted by molar-refractivity contribution is 14.1. The van der Waals surface area contributed by atoms with Crippen molar-refractivity contribution in [3.63, 3.8) is 0 Å². The number of hydrogen-bond acceptors (Lipinski definition) is 3. The minimum absolute atomic E-state index is 0.0828. The van der Waals surface area contributed by atoms with E-state index in [1.54, 1.807) is 30.3 Å². The Morgan fingerprint density at radius 3 is 2.73 bits per heavy atom. The lowest BCUT2D eigenvalue weighted by Crippen LogP contribution is -2.07. The number of methoxy groups -OCH3 is 1. The zero-order valence-electron chi connectivity index (χ0n) is 11.7. The summed E-state index contributed by atoms with van der Waals surface area (Å²) in [4.78, 5) is 11.4. The van der Waals surface area contributed by atoms with Gasteiger partial charge in [-0.15, -0.1) is 0 Å². The number of esters is 1. The molecule has 0 aliphatic rings. The number of carbonyl (C=O) groups excluding carboxylic acids is 1. The molecule has 0 unspecified atom stereocenters. The molecule has 0 spiro atoms. The van der Waals surface area contributed by atoms with Gasteiger partial charge in [-0.2, -0.15) is 0 Å². The second-order valence-electron chi connectivity index (χ2n) is 4.51. The van der Waals surface area contributed by atoms with E-state index in [0.29, 0.717) is 21.3 Å². The van der Waals surface area contributed by atoms with Crippen LogP contribution in [0.25, 0.3) is 0 Å². The van der Waals surface area contributed by atoms with Crippen LogP contribution in [0.4, 0.5) is 4.39 Å². The van der Waals surface area contributed by atoms with Gasteiger partial charge in [-0.3, -0.25) is 4.79 Å². The molecule has 2 rings (SSSR count). The highest BCUT2D eigenvalue weighted by Gasteiger charge is 2.12. The Morgan fingerprint density at radius 1 is 1.27 bits per heavy atom. The largest absolute Gasteiger partial charge is 0.488 e. The Labute approximate surface area is 150 Å². The zero-order valence-corrected chi connectivity index (χ0v) is 15.5. The lowest BCUT2D eigenvalue weighted by molar-refractivity contribution is -0.139. The molecule has 0 atom stereocenters. The average molecular weight is 479 g/mol. The highest BCUT2D eigenvalue weighted by atomic mass is 127. The first-order valence-corrected chi connectivity index (χ1v) is 8.29. The fourth-order valence-corrected chi connectivity index (χ4v) is 3.50. The monoisotopic (exact) mass is 478 g/mol. The van der Waals surface area contributed by atoms with Gasteiger partial charge >= 0.3 is 5.97 Å². The van der Waals surface area contributed by atoms with Gasteiger partial charge in [0.25, 0.3) is 0 Å². The molecule has 3 nitrogen and oxygen atoms in total. The van der Waals surface area contributed by atoms with Crippen LogP contribution >= 0.6 is 38.5 Å². The lowest BCUT2D eigenvalue weighted by atomic mass is 10.1. The number of rotatable bonds is 5. The maximum Gasteiger partial charge on any atom is 0.310 e. The molecule has 0 aliphatic heterocycles. The predicted molar refractivity (Wildman–Crippen MR) is 93.3 cm³/mol. The third kappa shape index (κ3) is 4.42. The van der Waals surface area contributed by atoms with E-state index in [1.807, 2.05) is 6.07 Å². The summed E-state index contributed by atoms with van der Waals surface area (Å²) in [7, 11) is 1.34. The molecular weight excluding hydrogens is 466 g/mol. The summed E-state index contributed by atoms with van der Waals surface area (Å²) in [5.41, 5.74) is 1.16. The number of hydrogen-bond donors (Lipinski definition) is 0. The highest BCUT2D eigenvalue weighted by Crippen LogP contribution is 2.25. The van der Waals surface area contributed by atoms with E-state index >= 15 is 0 Å². The van der Waals surface area contributed by atoms with Gasteiger partial charge in [0.15, 0.2) is 0 Å². The van der Waals surface area contributed by atoms with Crippen molar-refractivity contribution in [2.75, 3.05) is 7.11 Å². The van der Waals surface area contributed by atoms with Crippen LogP contribution in [0.5, 0.6) is 5.75 Å². The quantitative estimate of drug-likeness (QED) is 0.361. The van der Waals surface area contributed by atoms with Gasteiger partial charge in [-0.1, -0.05) is 18.2 Å². The number of halogens is 3. The molecule has 2 aromatic rings. The number of carbonyl (C=O) groups is 1. The summed E-state index contributed by atoms with van der Waals surface area (Å²) >= 11 is 5.30. The van der Waals surface area contributed by atoms with Gasteiger partial charge in [0.05, 0.1) is 18.0 Å². The van der Waals surface area contributed by atoms with Crippen molar-refractivity contribution in [3.8, 4) is 5.75 Å². The molecule has 0 N–H and O–H groups in total. The molecule has 0 saturated carbocycles. The summed E-state index contributed by atoms with van der Waals surface area (Å²) in [6, 6.07) is 10.6. The second kappa shape index (κ2) is 7.92. The summed E-state index contributed by atoms with van der Waals surface area (Å²) in [6.07, 6.45) is 0.116. The molecule has 22 heavy (non-hydrogen) atoms. The first kappa shape index (κ1) is 17.2. The van der Waals surface area contributed by atoms with E-state index in [9.17, 15) is 9.18 Å². The SMILES string of the molecule is COC(=O)Cc1ccccc1OCc1cc(I)cc(Br)c1F. The third-order valence-electron chi connectivity index (χ3n) is 2.99. The Bertz CT molecular complexity index is 691. The molecule has 0 radical (unpaired) electrons. The standard InChI is InChI=1S/C16H13BrFIO3/c1-21-15(20)7-10-4-2-3-5-14(10)22-9-11-6-12(19)8-13(17)16(11)18/h2-6,8H,7,9H2,1H3. The van der Waals surface area contributed by atoms with Crippen LogP contribution in [0.15, 0.2) is 40.9 Å². The minimum atomic E-state index is -0.348. The van der Waals surface area contributed by atoms with Gasteiger partial charge in [0, 0.05) is 14.7 Å². The van der Waals surface area contributed by atoms with Crippen LogP contribution in [0.3, 0.4) is 0 Å². The Morgan fingerprint density at radius 2 is 2.00 bits per heavy atom. The maximum atomic E-state index is 14.0. The van der Waals surface area contributed by atoms with Gasteiger partial charge < -0.3 is 9.47 Å². The Hall–Kier alpha value is -1.15. The van der Waals surface area contributed by atoms with Crippen LogP contribution in [0.2, 0.25) is 0 Å². The van der Waals surface area contributed by atoms with Crippen molar-refractivity contribution >= 4 is 44.5 Å². The topological polar surface area (TPSA) is 35.5 Å². The van der Waals surface area contributed by atoms with Gasteiger partial charge in [0.1, 0.15) is 18.2 Å². The molecule has 0 heterocycles. The smallest absolute Gasteiger partial charge is 0.310 e. The predicted octanol–water partition coefficient (Wildman–Crippen LogP) is 4.49. The summed E-state index contributed by atoms with van der Waals surface area (Å²) in [5.74, 6) is -0.146. The molecule has 0 saturated heterocycles. The van der Waals surface area contributed by atoms with E-state index < -0.39 is 0 Å². The van der Waals surface area contributed by atoms with Gasteiger partial charge in [-0.25, -0.2) is 4.39 Å². The number of para-hydroxylation sites is 1. The van der Waals surface area contributed by atoms with Crippen LogP contribution in [0.1, 0.15) is 11.1 Å². The Balaban J connectivity index is 2.17. The van der Waals surface area contributed by atoms with Gasteiger partial charge in [-0.05, 0) is 56.7 Å². The van der Waals surface area contributed by atoms with E-state index in [4.69, 9.17) is 4.74 Å². The maximum absolute atomic E-state index is 14.0. The molecule has 6 heteroatoms. The van der Waals surface area contributed by atoms with Crippen LogP contribution in [-0.4, -0.2) is 13.1 Å². The second-order valence-corrected chi connectivity index (χ2v) is 6.61. The van der Waals surface area contributed by atoms with Crippen LogP contribution in [-0.2, 0) is 22.6 Å². The first-order chi connectivity index (χ1) is 10.5. The van der Waals surface area contributed by atoms with Crippen molar-refractivity contribution in [1.82, 2.24) is 0 Å². The zero-order chi connectivity index (χ0) is 16.1. The van der Waals surface area contributed by atoms with Crippen molar-refractivity contribution in [2.24, 2.45) is 0 Å². The van der Waals surface area contributed by atoms with Crippen molar-refractivity contribution < 1.29 is 18.7 Å². The van der Waals surface area contributed by atoms with Gasteiger partial charge in [0.2, 0.25) is 0 Å². The van der Waals surface area contributed by atoms with Crippen molar-refractivity contribution in [3.05, 3.63) is 61.4 Å². The molecule has 0 aliphatic carbocycles. The van der Waals surface area contributed by atoms with E-state index in [1.165, 1.54) is 7.11 Å². The third-order valence-corrected chi connectivity index (χ3v) is 4.19. The number of ether oxygens (including phenoxy) is 2. The van der Waals surface area contributed by atoms with Crippen molar-refractivity contribution in [1.29, 1.82) is 0 Å². The van der Waals surface area contributed by atoms with Crippen LogP contribution < -0.4 is 4.74 Å².